The first-order valence-electron chi connectivity index (χ1n) is 19.3. The summed E-state index contributed by atoms with van der Waals surface area (Å²) in [5.41, 5.74) is 13.9. The highest BCUT2D eigenvalue weighted by molar-refractivity contribution is 7.99. The van der Waals surface area contributed by atoms with Crippen molar-refractivity contribution in [3.8, 4) is 11.1 Å². The summed E-state index contributed by atoms with van der Waals surface area (Å²) in [7, 11) is -1.84. The second kappa shape index (κ2) is 12.3. The van der Waals surface area contributed by atoms with Gasteiger partial charge in [0.2, 0.25) is 0 Å². The summed E-state index contributed by atoms with van der Waals surface area (Å²) in [5, 5.41) is 4.48. The number of anilines is 3. The van der Waals surface area contributed by atoms with Gasteiger partial charge in [-0.2, -0.15) is 0 Å². The lowest BCUT2D eigenvalue weighted by molar-refractivity contribution is 0.632. The van der Waals surface area contributed by atoms with Crippen LogP contribution in [0.5, 0.6) is 0 Å². The van der Waals surface area contributed by atoms with Crippen molar-refractivity contribution in [3.63, 3.8) is 0 Å². The van der Waals surface area contributed by atoms with Crippen LogP contribution in [0.2, 0.25) is 0 Å². The van der Waals surface area contributed by atoms with E-state index in [9.17, 15) is 0 Å². The highest BCUT2D eigenvalue weighted by atomic mass is 32.2. The molecule has 1 atom stereocenters. The summed E-state index contributed by atoms with van der Waals surface area (Å²) in [6.07, 6.45) is 0. The van der Waals surface area contributed by atoms with Crippen LogP contribution in [0.1, 0.15) is 47.2 Å². The Hall–Kier alpha value is -5.87. The summed E-state index contributed by atoms with van der Waals surface area (Å²) >= 11 is 1.91. The average Bonchev–Trinajstić information content (AvgIpc) is 3.24. The number of nitrogens with zero attached hydrogens (tertiary/aromatic N) is 1. The highest BCUT2D eigenvalue weighted by Crippen LogP contribution is 2.56. The SMILES string of the molecule is CC1(C)c2ccccc2N(c2ccc(-c3ccc4c(c3)C3(c5ccccc5Sc5ccccc53)c3ccccc3[SiH]4c3ccccc3)cc2)c2ccccc21. The van der Waals surface area contributed by atoms with E-state index < -0.39 is 14.2 Å². The molecule has 0 bridgehead atoms. The van der Waals surface area contributed by atoms with E-state index in [4.69, 9.17) is 0 Å². The van der Waals surface area contributed by atoms with Crippen LogP contribution >= 0.6 is 11.8 Å². The van der Waals surface area contributed by atoms with E-state index in [-0.39, 0.29) is 5.41 Å². The van der Waals surface area contributed by atoms with Crippen molar-refractivity contribution in [2.24, 2.45) is 0 Å². The number of rotatable bonds is 3. The van der Waals surface area contributed by atoms with Gasteiger partial charge in [0.05, 0.1) is 16.8 Å². The van der Waals surface area contributed by atoms with Crippen molar-refractivity contribution in [2.45, 2.75) is 34.5 Å². The molecule has 0 saturated heterocycles. The van der Waals surface area contributed by atoms with E-state index in [2.05, 4.69) is 213 Å². The van der Waals surface area contributed by atoms with Crippen molar-refractivity contribution >= 4 is 53.2 Å². The summed E-state index contributed by atoms with van der Waals surface area (Å²) in [6.45, 7) is 4.69. The third-order valence-electron chi connectivity index (χ3n) is 12.5. The van der Waals surface area contributed by atoms with Gasteiger partial charge in [0.25, 0.3) is 0 Å². The fourth-order valence-electron chi connectivity index (χ4n) is 10.0. The van der Waals surface area contributed by atoms with Crippen LogP contribution in [-0.4, -0.2) is 8.80 Å². The molecule has 8 aromatic rings. The molecule has 11 rings (SSSR count). The highest BCUT2D eigenvalue weighted by Gasteiger charge is 2.50. The first kappa shape index (κ1) is 32.5. The lowest BCUT2D eigenvalue weighted by atomic mass is 9.64. The normalized spacial score (nSPS) is 16.5. The van der Waals surface area contributed by atoms with Crippen molar-refractivity contribution in [2.75, 3.05) is 4.90 Å². The maximum Gasteiger partial charge on any atom is 0.133 e. The zero-order valence-electron chi connectivity index (χ0n) is 30.9. The Morgan fingerprint density at radius 3 is 1.55 bits per heavy atom. The molecule has 0 aliphatic carbocycles. The van der Waals surface area contributed by atoms with Crippen LogP contribution in [0, 0.1) is 0 Å². The minimum atomic E-state index is -1.84. The second-order valence-corrected chi connectivity index (χ2v) is 19.5. The molecule has 0 radical (unpaired) electrons. The first-order chi connectivity index (χ1) is 27.0. The van der Waals surface area contributed by atoms with E-state index in [1.807, 2.05) is 11.8 Å². The Balaban J connectivity index is 1.13. The van der Waals surface area contributed by atoms with Crippen LogP contribution in [0.15, 0.2) is 204 Å². The standard InChI is InChI=1S/C52H39NSSi/c1-51(2)39-18-6-11-23-45(39)53(46-24-12-7-19-40(46)51)37-31-28-35(29-32-37)36-30-33-50-44(34-36)52(41-20-8-13-25-47(41)54-48-26-14-9-21-42(48)52)43-22-10-15-27-49(43)55(50)38-16-4-3-5-17-38/h3-34,55H,1-2H3. The quantitative estimate of drug-likeness (QED) is 0.166. The minimum absolute atomic E-state index is 0.0862. The molecule has 1 nitrogen and oxygen atoms in total. The zero-order chi connectivity index (χ0) is 36.7. The van der Waals surface area contributed by atoms with Gasteiger partial charge in [-0.15, -0.1) is 0 Å². The fraction of sp³-hybridized carbons (Fsp3) is 0.0769. The Kier molecular flexibility index (Phi) is 7.29. The average molecular weight is 738 g/mol. The Labute approximate surface area is 329 Å². The van der Waals surface area contributed by atoms with Gasteiger partial charge in [-0.3, -0.25) is 0 Å². The number of fused-ring (bicyclic) bond motifs is 10. The maximum absolute atomic E-state index is 2.56. The molecule has 55 heavy (non-hydrogen) atoms. The summed E-state index contributed by atoms with van der Waals surface area (Å²) < 4.78 is 0. The van der Waals surface area contributed by atoms with Crippen LogP contribution in [-0.2, 0) is 10.8 Å². The monoisotopic (exact) mass is 737 g/mol. The zero-order valence-corrected chi connectivity index (χ0v) is 32.9. The van der Waals surface area contributed by atoms with Crippen molar-refractivity contribution in [1.29, 1.82) is 0 Å². The van der Waals surface area contributed by atoms with E-state index in [0.717, 1.165) is 0 Å². The predicted octanol–water partition coefficient (Wildman–Crippen LogP) is 10.9. The van der Waals surface area contributed by atoms with Crippen LogP contribution in [0.3, 0.4) is 0 Å². The Bertz CT molecular complexity index is 2690. The van der Waals surface area contributed by atoms with E-state index in [1.165, 1.54) is 86.9 Å². The number of benzene rings is 8. The molecule has 0 N–H and O–H groups in total. The Morgan fingerprint density at radius 2 is 0.909 bits per heavy atom. The van der Waals surface area contributed by atoms with Gasteiger partial charge in [-0.05, 0) is 97.3 Å². The molecule has 0 saturated carbocycles. The van der Waals surface area contributed by atoms with Gasteiger partial charge in [-0.1, -0.05) is 182 Å². The minimum Gasteiger partial charge on any atom is -0.310 e. The first-order valence-corrected chi connectivity index (χ1v) is 21.9. The molecule has 3 heteroatoms. The van der Waals surface area contributed by atoms with Gasteiger partial charge in [0.1, 0.15) is 8.80 Å². The lowest BCUT2D eigenvalue weighted by Crippen LogP contribution is -2.62. The molecule has 1 unspecified atom stereocenters. The molecule has 0 aromatic heterocycles. The Morgan fingerprint density at radius 1 is 0.418 bits per heavy atom. The molecular weight excluding hydrogens is 699 g/mol. The van der Waals surface area contributed by atoms with Crippen molar-refractivity contribution in [3.05, 3.63) is 228 Å². The van der Waals surface area contributed by atoms with Gasteiger partial charge in [0.15, 0.2) is 0 Å². The van der Waals surface area contributed by atoms with Crippen LogP contribution in [0.4, 0.5) is 17.1 Å². The topological polar surface area (TPSA) is 3.24 Å². The lowest BCUT2D eigenvalue weighted by Gasteiger charge is -2.48. The molecule has 3 aliphatic heterocycles. The third kappa shape index (κ3) is 4.67. The van der Waals surface area contributed by atoms with E-state index >= 15 is 0 Å². The molecular formula is C52H39NSSi. The summed E-state index contributed by atoms with van der Waals surface area (Å²) in [4.78, 5) is 5.12. The third-order valence-corrected chi connectivity index (χ3v) is 16.9. The van der Waals surface area contributed by atoms with Crippen LogP contribution < -0.4 is 20.5 Å². The number of hydrogen-bond acceptors (Lipinski definition) is 2. The van der Waals surface area contributed by atoms with Gasteiger partial charge in [0, 0.05) is 20.9 Å². The summed E-state index contributed by atoms with van der Waals surface area (Å²) in [5.74, 6) is 0. The second-order valence-electron chi connectivity index (χ2n) is 15.6. The van der Waals surface area contributed by atoms with E-state index in [0.29, 0.717) is 0 Å². The van der Waals surface area contributed by atoms with Gasteiger partial charge in [-0.25, -0.2) is 0 Å². The smallest absolute Gasteiger partial charge is 0.133 e. The molecule has 0 amide bonds. The fourth-order valence-corrected chi connectivity index (χ4v) is 14.7. The molecule has 262 valence electrons. The molecule has 8 aromatic carbocycles. The van der Waals surface area contributed by atoms with Gasteiger partial charge >= 0.3 is 0 Å². The van der Waals surface area contributed by atoms with Crippen molar-refractivity contribution < 1.29 is 0 Å². The summed E-state index contributed by atoms with van der Waals surface area (Å²) in [6, 6.07) is 73.5. The molecule has 1 spiro atoms. The largest absolute Gasteiger partial charge is 0.310 e. The van der Waals surface area contributed by atoms with Gasteiger partial charge < -0.3 is 4.90 Å². The van der Waals surface area contributed by atoms with Crippen molar-refractivity contribution in [1.82, 2.24) is 0 Å². The molecule has 3 aliphatic rings. The number of para-hydroxylation sites is 2. The molecule has 0 fully saturated rings. The van der Waals surface area contributed by atoms with Crippen LogP contribution in [0.25, 0.3) is 11.1 Å². The molecule has 3 heterocycles. The van der Waals surface area contributed by atoms with E-state index in [1.54, 1.807) is 0 Å². The number of hydrogen-bond donors (Lipinski definition) is 0. The maximum atomic E-state index is 2.56. The predicted molar refractivity (Wildman–Crippen MR) is 234 cm³/mol.